The van der Waals surface area contributed by atoms with Crippen LogP contribution in [0.25, 0.3) is 11.1 Å². The van der Waals surface area contributed by atoms with Crippen LogP contribution in [0.2, 0.25) is 0 Å². The first-order valence-electron chi connectivity index (χ1n) is 4.94. The Balaban J connectivity index is 2.61. The van der Waals surface area contributed by atoms with Crippen LogP contribution in [0.1, 0.15) is 10.4 Å². The van der Waals surface area contributed by atoms with E-state index in [1.807, 2.05) is 0 Å². The number of hydrogen-bond donors (Lipinski definition) is 1. The van der Waals surface area contributed by atoms with Crippen LogP contribution >= 0.6 is 0 Å². The Bertz CT molecular complexity index is 561. The maximum Gasteiger partial charge on any atom is 0.248 e. The van der Waals surface area contributed by atoms with Gasteiger partial charge in [0.2, 0.25) is 5.91 Å². The number of primary amides is 1. The summed E-state index contributed by atoms with van der Waals surface area (Å²) in [5, 5.41) is 0. The molecule has 0 heterocycles. The normalized spacial score (nSPS) is 10.2. The van der Waals surface area contributed by atoms with Gasteiger partial charge in [0.15, 0.2) is 0 Å². The lowest BCUT2D eigenvalue weighted by atomic mass is 10.0. The van der Waals surface area contributed by atoms with Crippen LogP contribution in [-0.4, -0.2) is 5.91 Å². The number of benzene rings is 2. The second kappa shape index (κ2) is 4.33. The standard InChI is InChI=1S/C13H9F2NO/c14-10-5-2-6-11(15)12(10)8-3-1-4-9(7-8)13(16)17/h1-7H,(H2,16,17). The molecule has 2 aromatic carbocycles. The Morgan fingerprint density at radius 2 is 1.59 bits per heavy atom. The van der Waals surface area contributed by atoms with Crippen molar-refractivity contribution in [3.8, 4) is 11.1 Å². The molecule has 2 rings (SSSR count). The van der Waals surface area contributed by atoms with Crippen LogP contribution in [-0.2, 0) is 0 Å². The molecule has 0 aliphatic carbocycles. The molecule has 0 atom stereocenters. The molecular weight excluding hydrogens is 224 g/mol. The summed E-state index contributed by atoms with van der Waals surface area (Å²) in [6, 6.07) is 9.51. The minimum atomic E-state index is -0.674. The fraction of sp³-hybridized carbons (Fsp3) is 0. The first-order valence-corrected chi connectivity index (χ1v) is 4.94. The van der Waals surface area contributed by atoms with Crippen molar-refractivity contribution < 1.29 is 13.6 Å². The van der Waals surface area contributed by atoms with Gasteiger partial charge in [-0.05, 0) is 29.8 Å². The summed E-state index contributed by atoms with van der Waals surface area (Å²) in [7, 11) is 0. The van der Waals surface area contributed by atoms with Crippen LogP contribution < -0.4 is 5.73 Å². The molecule has 17 heavy (non-hydrogen) atoms. The van der Waals surface area contributed by atoms with Crippen molar-refractivity contribution in [2.75, 3.05) is 0 Å². The van der Waals surface area contributed by atoms with Gasteiger partial charge in [-0.3, -0.25) is 4.79 Å². The van der Waals surface area contributed by atoms with Gasteiger partial charge in [0.1, 0.15) is 11.6 Å². The zero-order chi connectivity index (χ0) is 12.4. The predicted octanol–water partition coefficient (Wildman–Crippen LogP) is 2.73. The highest BCUT2D eigenvalue weighted by molar-refractivity contribution is 5.94. The van der Waals surface area contributed by atoms with Gasteiger partial charge in [0.05, 0.1) is 5.56 Å². The average Bonchev–Trinajstić information content (AvgIpc) is 2.29. The van der Waals surface area contributed by atoms with E-state index >= 15 is 0 Å². The number of hydrogen-bond acceptors (Lipinski definition) is 1. The van der Waals surface area contributed by atoms with Gasteiger partial charge in [-0.25, -0.2) is 8.78 Å². The summed E-state index contributed by atoms with van der Waals surface area (Å²) in [6.07, 6.45) is 0. The summed E-state index contributed by atoms with van der Waals surface area (Å²) in [4.78, 5) is 11.0. The van der Waals surface area contributed by atoms with Crippen LogP contribution in [0.3, 0.4) is 0 Å². The lowest BCUT2D eigenvalue weighted by Crippen LogP contribution is -2.10. The van der Waals surface area contributed by atoms with Crippen LogP contribution in [0.15, 0.2) is 42.5 Å². The van der Waals surface area contributed by atoms with E-state index in [0.29, 0.717) is 0 Å². The van der Waals surface area contributed by atoms with Gasteiger partial charge in [0, 0.05) is 5.56 Å². The number of rotatable bonds is 2. The number of carbonyl (C=O) groups excluding carboxylic acids is 1. The van der Waals surface area contributed by atoms with Crippen molar-refractivity contribution in [1.82, 2.24) is 0 Å². The summed E-state index contributed by atoms with van der Waals surface area (Å²) >= 11 is 0. The molecule has 0 saturated carbocycles. The largest absolute Gasteiger partial charge is 0.366 e. The Morgan fingerprint density at radius 1 is 1.00 bits per heavy atom. The molecule has 2 aromatic rings. The minimum Gasteiger partial charge on any atom is -0.366 e. The van der Waals surface area contributed by atoms with Gasteiger partial charge < -0.3 is 5.73 Å². The first-order chi connectivity index (χ1) is 8.09. The van der Waals surface area contributed by atoms with Crippen LogP contribution in [0, 0.1) is 11.6 Å². The molecule has 0 saturated heterocycles. The third-order valence-corrected chi connectivity index (χ3v) is 2.40. The van der Waals surface area contributed by atoms with E-state index in [9.17, 15) is 13.6 Å². The molecule has 4 heteroatoms. The molecule has 0 unspecified atom stereocenters. The molecule has 0 fully saturated rings. The van der Waals surface area contributed by atoms with E-state index in [1.54, 1.807) is 0 Å². The second-order valence-electron chi connectivity index (χ2n) is 3.54. The van der Waals surface area contributed by atoms with Gasteiger partial charge in [0.25, 0.3) is 0 Å². The molecule has 2 N–H and O–H groups in total. The molecule has 1 amide bonds. The topological polar surface area (TPSA) is 43.1 Å². The van der Waals surface area contributed by atoms with Crippen LogP contribution in [0.5, 0.6) is 0 Å². The van der Waals surface area contributed by atoms with Crippen LogP contribution in [0.4, 0.5) is 8.78 Å². The lowest BCUT2D eigenvalue weighted by molar-refractivity contribution is 0.100. The Morgan fingerprint density at radius 3 is 2.18 bits per heavy atom. The van der Waals surface area contributed by atoms with E-state index in [4.69, 9.17) is 5.73 Å². The molecule has 0 aliphatic heterocycles. The molecule has 2 nitrogen and oxygen atoms in total. The summed E-state index contributed by atoms with van der Waals surface area (Å²) in [5.41, 5.74) is 5.46. The van der Waals surface area contributed by atoms with Gasteiger partial charge in [-0.1, -0.05) is 18.2 Å². The maximum atomic E-state index is 13.5. The first kappa shape index (κ1) is 11.3. The van der Waals surface area contributed by atoms with Crippen molar-refractivity contribution in [3.05, 3.63) is 59.7 Å². The SMILES string of the molecule is NC(=O)c1cccc(-c2c(F)cccc2F)c1. The Kier molecular flexibility index (Phi) is 2.87. The second-order valence-corrected chi connectivity index (χ2v) is 3.54. The Hall–Kier alpha value is -2.23. The Labute approximate surface area is 96.7 Å². The number of nitrogens with two attached hydrogens (primary N) is 1. The third-order valence-electron chi connectivity index (χ3n) is 2.40. The number of carbonyl (C=O) groups is 1. The van der Waals surface area contributed by atoms with Crippen molar-refractivity contribution in [1.29, 1.82) is 0 Å². The fourth-order valence-electron chi connectivity index (χ4n) is 1.60. The lowest BCUT2D eigenvalue weighted by Gasteiger charge is -2.06. The molecular formula is C13H9F2NO. The molecule has 0 bridgehead atoms. The maximum absolute atomic E-state index is 13.5. The van der Waals surface area contributed by atoms with Crippen molar-refractivity contribution in [3.63, 3.8) is 0 Å². The van der Waals surface area contributed by atoms with E-state index in [2.05, 4.69) is 0 Å². The quantitative estimate of drug-likeness (QED) is 0.851. The van der Waals surface area contributed by atoms with Gasteiger partial charge in [-0.2, -0.15) is 0 Å². The summed E-state index contributed by atoms with van der Waals surface area (Å²) in [6.45, 7) is 0. The smallest absolute Gasteiger partial charge is 0.248 e. The van der Waals surface area contributed by atoms with Gasteiger partial charge >= 0.3 is 0 Å². The highest BCUT2D eigenvalue weighted by Gasteiger charge is 2.11. The van der Waals surface area contributed by atoms with Crippen molar-refractivity contribution in [2.45, 2.75) is 0 Å². The van der Waals surface area contributed by atoms with Crippen molar-refractivity contribution >= 4 is 5.91 Å². The molecule has 0 aromatic heterocycles. The highest BCUT2D eigenvalue weighted by atomic mass is 19.1. The molecule has 0 aliphatic rings. The fourth-order valence-corrected chi connectivity index (χ4v) is 1.60. The monoisotopic (exact) mass is 233 g/mol. The average molecular weight is 233 g/mol. The molecule has 0 radical (unpaired) electrons. The van der Waals surface area contributed by atoms with E-state index in [0.717, 1.165) is 12.1 Å². The molecule has 86 valence electrons. The molecule has 0 spiro atoms. The van der Waals surface area contributed by atoms with E-state index < -0.39 is 17.5 Å². The summed E-state index contributed by atoms with van der Waals surface area (Å²) in [5.74, 6) is -1.98. The predicted molar refractivity (Wildman–Crippen MR) is 60.3 cm³/mol. The number of halogens is 2. The zero-order valence-corrected chi connectivity index (χ0v) is 8.78. The van der Waals surface area contributed by atoms with E-state index in [1.165, 1.54) is 30.3 Å². The highest BCUT2D eigenvalue weighted by Crippen LogP contribution is 2.26. The van der Waals surface area contributed by atoms with Gasteiger partial charge in [-0.15, -0.1) is 0 Å². The van der Waals surface area contributed by atoms with E-state index in [-0.39, 0.29) is 16.7 Å². The zero-order valence-electron chi connectivity index (χ0n) is 8.78. The minimum absolute atomic E-state index is 0.157. The van der Waals surface area contributed by atoms with Crippen molar-refractivity contribution in [2.24, 2.45) is 5.73 Å². The number of amides is 1. The third kappa shape index (κ3) is 2.15. The summed E-state index contributed by atoms with van der Waals surface area (Å²) < 4.78 is 27.0.